The summed E-state index contributed by atoms with van der Waals surface area (Å²) in [4.78, 5) is 26.6. The van der Waals surface area contributed by atoms with Crippen molar-refractivity contribution in [1.82, 2.24) is 14.5 Å². The number of carbonyl (C=O) groups excluding carboxylic acids is 2. The van der Waals surface area contributed by atoms with Crippen molar-refractivity contribution >= 4 is 21.9 Å². The molecule has 1 amide bonds. The molecule has 1 aliphatic heterocycles. The Morgan fingerprint density at radius 1 is 1.03 bits per heavy atom. The molecule has 184 valence electrons. The highest BCUT2D eigenvalue weighted by Crippen LogP contribution is 2.20. The third-order valence-electron chi connectivity index (χ3n) is 5.75. The molecule has 1 fully saturated rings. The fourth-order valence-corrected chi connectivity index (χ4v) is 5.41. The predicted molar refractivity (Wildman–Crippen MR) is 130 cm³/mol. The second kappa shape index (κ2) is 12.1. The van der Waals surface area contributed by atoms with Crippen LogP contribution >= 0.6 is 0 Å². The number of nitrogens with one attached hydrogen (secondary N) is 1. The number of nitrogens with zero attached hydrogens (tertiary/aromatic N) is 2. The fraction of sp³-hybridized carbons (Fsp3) is 0.440. The van der Waals surface area contributed by atoms with Crippen LogP contribution < -0.4 is 5.32 Å². The molecule has 2 aromatic rings. The summed E-state index contributed by atoms with van der Waals surface area (Å²) in [5.41, 5.74) is 1.29. The fourth-order valence-electron chi connectivity index (χ4n) is 3.94. The molecular weight excluding hydrogens is 454 g/mol. The second-order valence-electron chi connectivity index (χ2n) is 8.53. The van der Waals surface area contributed by atoms with Crippen LogP contribution in [0.4, 0.5) is 0 Å². The number of hydrogen-bond acceptors (Lipinski definition) is 6. The Morgan fingerprint density at radius 3 is 2.41 bits per heavy atom. The summed E-state index contributed by atoms with van der Waals surface area (Å²) in [6, 6.07) is 15.9. The van der Waals surface area contributed by atoms with Crippen LogP contribution in [0, 0.1) is 0 Å². The lowest BCUT2D eigenvalue weighted by Crippen LogP contribution is -2.48. The van der Waals surface area contributed by atoms with Crippen LogP contribution in [0.3, 0.4) is 0 Å². The van der Waals surface area contributed by atoms with E-state index in [4.69, 9.17) is 4.74 Å². The SMILES string of the molecule is CCCC(C)NC(=O)COC(=O)c1cccc(S(=O)(=O)N2CCN(Cc3ccccc3)CC2)c1. The number of sulfonamides is 1. The molecule has 1 aliphatic rings. The Bertz CT molecular complexity index is 1070. The van der Waals surface area contributed by atoms with E-state index in [1.807, 2.05) is 32.0 Å². The van der Waals surface area contributed by atoms with Crippen molar-refractivity contribution in [3.05, 3.63) is 65.7 Å². The Hall–Kier alpha value is -2.75. The van der Waals surface area contributed by atoms with Crippen LogP contribution in [0.15, 0.2) is 59.5 Å². The molecule has 1 atom stereocenters. The number of benzene rings is 2. The van der Waals surface area contributed by atoms with Gasteiger partial charge in [0.1, 0.15) is 0 Å². The van der Waals surface area contributed by atoms with Gasteiger partial charge in [-0.15, -0.1) is 0 Å². The lowest BCUT2D eigenvalue weighted by Gasteiger charge is -2.34. The predicted octanol–water partition coefficient (Wildman–Crippen LogP) is 2.65. The molecule has 9 heteroatoms. The zero-order chi connectivity index (χ0) is 24.6. The van der Waals surface area contributed by atoms with Crippen LogP contribution in [0.25, 0.3) is 0 Å². The summed E-state index contributed by atoms with van der Waals surface area (Å²) < 4.78 is 32.9. The van der Waals surface area contributed by atoms with Gasteiger partial charge in [-0.3, -0.25) is 9.69 Å². The molecule has 1 saturated heterocycles. The molecule has 0 aliphatic carbocycles. The summed E-state index contributed by atoms with van der Waals surface area (Å²) in [6.07, 6.45) is 1.77. The van der Waals surface area contributed by atoms with Crippen molar-refractivity contribution in [2.24, 2.45) is 0 Å². The zero-order valence-electron chi connectivity index (χ0n) is 19.8. The highest BCUT2D eigenvalue weighted by atomic mass is 32.2. The number of esters is 1. The van der Waals surface area contributed by atoms with Crippen molar-refractivity contribution in [1.29, 1.82) is 0 Å². The van der Waals surface area contributed by atoms with E-state index in [1.165, 1.54) is 34.1 Å². The number of amides is 1. The van der Waals surface area contributed by atoms with E-state index in [1.54, 1.807) is 0 Å². The Labute approximate surface area is 201 Å². The Kier molecular flexibility index (Phi) is 9.20. The van der Waals surface area contributed by atoms with Crippen molar-refractivity contribution in [3.63, 3.8) is 0 Å². The van der Waals surface area contributed by atoms with Gasteiger partial charge in [0.15, 0.2) is 6.61 Å². The lowest BCUT2D eigenvalue weighted by atomic mass is 10.2. The minimum atomic E-state index is -3.75. The standard InChI is InChI=1S/C25H33N3O5S/c1-3-8-20(2)26-24(29)19-33-25(30)22-11-7-12-23(17-22)34(31,32)28-15-13-27(14-16-28)18-21-9-5-4-6-10-21/h4-7,9-12,17,20H,3,8,13-16,18-19H2,1-2H3,(H,26,29). The van der Waals surface area contributed by atoms with Crippen LogP contribution in [-0.2, 0) is 26.1 Å². The van der Waals surface area contributed by atoms with Gasteiger partial charge in [-0.05, 0) is 37.1 Å². The molecule has 1 N–H and O–H groups in total. The summed E-state index contributed by atoms with van der Waals surface area (Å²) >= 11 is 0. The highest BCUT2D eigenvalue weighted by Gasteiger charge is 2.29. The molecule has 0 aromatic heterocycles. The smallest absolute Gasteiger partial charge is 0.338 e. The molecule has 2 aromatic carbocycles. The topological polar surface area (TPSA) is 96.0 Å². The second-order valence-corrected chi connectivity index (χ2v) is 10.5. The first-order valence-electron chi connectivity index (χ1n) is 11.6. The van der Waals surface area contributed by atoms with E-state index in [-0.39, 0.29) is 22.4 Å². The van der Waals surface area contributed by atoms with Crippen LogP contribution in [0.2, 0.25) is 0 Å². The molecule has 34 heavy (non-hydrogen) atoms. The summed E-state index contributed by atoms with van der Waals surface area (Å²) in [7, 11) is -3.75. The lowest BCUT2D eigenvalue weighted by molar-refractivity contribution is -0.124. The summed E-state index contributed by atoms with van der Waals surface area (Å²) in [5.74, 6) is -1.12. The van der Waals surface area contributed by atoms with E-state index in [9.17, 15) is 18.0 Å². The molecule has 1 heterocycles. The largest absolute Gasteiger partial charge is 0.452 e. The number of carbonyl (C=O) groups is 2. The zero-order valence-corrected chi connectivity index (χ0v) is 20.6. The van der Waals surface area contributed by atoms with Crippen LogP contribution in [0.1, 0.15) is 42.6 Å². The maximum atomic E-state index is 13.2. The van der Waals surface area contributed by atoms with Crippen molar-refractivity contribution in [2.45, 2.75) is 44.2 Å². The van der Waals surface area contributed by atoms with E-state index in [0.29, 0.717) is 26.2 Å². The van der Waals surface area contributed by atoms with Crippen molar-refractivity contribution < 1.29 is 22.7 Å². The van der Waals surface area contributed by atoms with E-state index in [0.717, 1.165) is 19.4 Å². The quantitative estimate of drug-likeness (QED) is 0.518. The molecule has 0 bridgehead atoms. The summed E-state index contributed by atoms with van der Waals surface area (Å²) in [5, 5.41) is 2.76. The third kappa shape index (κ3) is 7.12. The normalized spacial score (nSPS) is 16.1. The Balaban J connectivity index is 1.56. The summed E-state index contributed by atoms with van der Waals surface area (Å²) in [6.45, 7) is 6.28. The van der Waals surface area contributed by atoms with E-state index >= 15 is 0 Å². The maximum absolute atomic E-state index is 13.2. The highest BCUT2D eigenvalue weighted by molar-refractivity contribution is 7.89. The van der Waals surface area contributed by atoms with Crippen molar-refractivity contribution in [3.8, 4) is 0 Å². The average Bonchev–Trinajstić information content (AvgIpc) is 2.84. The monoisotopic (exact) mass is 487 g/mol. The maximum Gasteiger partial charge on any atom is 0.338 e. The van der Waals surface area contributed by atoms with Gasteiger partial charge in [0.05, 0.1) is 10.5 Å². The van der Waals surface area contributed by atoms with Crippen LogP contribution in [0.5, 0.6) is 0 Å². The van der Waals surface area contributed by atoms with Crippen LogP contribution in [-0.4, -0.2) is 68.3 Å². The molecule has 1 unspecified atom stereocenters. The number of ether oxygens (including phenoxy) is 1. The molecule has 0 radical (unpaired) electrons. The Morgan fingerprint density at radius 2 is 1.74 bits per heavy atom. The van der Waals surface area contributed by atoms with Gasteiger partial charge in [-0.2, -0.15) is 4.31 Å². The minimum absolute atomic E-state index is 0.00201. The molecule has 0 saturated carbocycles. The first-order chi connectivity index (χ1) is 16.3. The molecular formula is C25H33N3O5S. The van der Waals surface area contributed by atoms with Crippen molar-refractivity contribution in [2.75, 3.05) is 32.8 Å². The van der Waals surface area contributed by atoms with Gasteiger partial charge in [0.2, 0.25) is 10.0 Å². The number of piperazine rings is 1. The number of hydrogen-bond donors (Lipinski definition) is 1. The molecule has 8 nitrogen and oxygen atoms in total. The number of rotatable bonds is 10. The molecule has 3 rings (SSSR count). The first kappa shape index (κ1) is 25.9. The van der Waals surface area contributed by atoms with Gasteiger partial charge >= 0.3 is 5.97 Å². The van der Waals surface area contributed by atoms with Gasteiger partial charge in [-0.25, -0.2) is 13.2 Å². The third-order valence-corrected chi connectivity index (χ3v) is 7.65. The van der Waals surface area contributed by atoms with Gasteiger partial charge in [-0.1, -0.05) is 49.7 Å². The van der Waals surface area contributed by atoms with E-state index < -0.39 is 22.6 Å². The first-order valence-corrected chi connectivity index (χ1v) is 13.1. The molecule has 0 spiro atoms. The minimum Gasteiger partial charge on any atom is -0.452 e. The van der Waals surface area contributed by atoms with E-state index in [2.05, 4.69) is 22.3 Å². The van der Waals surface area contributed by atoms with Gasteiger partial charge < -0.3 is 10.1 Å². The van der Waals surface area contributed by atoms with Gasteiger partial charge in [0.25, 0.3) is 5.91 Å². The average molecular weight is 488 g/mol. The van der Waals surface area contributed by atoms with Gasteiger partial charge in [0, 0.05) is 38.8 Å².